The summed E-state index contributed by atoms with van der Waals surface area (Å²) < 4.78 is 5.81. The molecular weight excluding hydrogens is 290 g/mol. The van der Waals surface area contributed by atoms with Crippen LogP contribution in [-0.2, 0) is 4.74 Å². The minimum absolute atomic E-state index is 0.406. The molecule has 18 heavy (non-hydrogen) atoms. The van der Waals surface area contributed by atoms with Gasteiger partial charge >= 0.3 is 0 Å². The van der Waals surface area contributed by atoms with E-state index in [0.29, 0.717) is 17.6 Å². The summed E-state index contributed by atoms with van der Waals surface area (Å²) in [6, 6.07) is 0.638. The summed E-state index contributed by atoms with van der Waals surface area (Å²) in [7, 11) is 0. The average molecular weight is 318 g/mol. The van der Waals surface area contributed by atoms with Crippen LogP contribution in [0.4, 0.5) is 0 Å². The van der Waals surface area contributed by atoms with Crippen LogP contribution in [0.3, 0.4) is 0 Å². The van der Waals surface area contributed by atoms with Gasteiger partial charge in [0.25, 0.3) is 0 Å². The Morgan fingerprint density at radius 1 is 1.28 bits per heavy atom. The average Bonchev–Trinajstić information content (AvgIpc) is 2.40. The molecular formula is C15H28BrNO. The Hall–Kier alpha value is 0.400. The fraction of sp³-hybridized carbons (Fsp3) is 1.00. The van der Waals surface area contributed by atoms with E-state index in [1.165, 1.54) is 50.4 Å². The molecule has 2 nitrogen and oxygen atoms in total. The van der Waals surface area contributed by atoms with Crippen LogP contribution in [0.2, 0.25) is 0 Å². The van der Waals surface area contributed by atoms with Crippen LogP contribution >= 0.6 is 15.9 Å². The van der Waals surface area contributed by atoms with Crippen LogP contribution in [-0.4, -0.2) is 42.1 Å². The lowest BCUT2D eigenvalue weighted by molar-refractivity contribution is -0.0704. The van der Waals surface area contributed by atoms with Gasteiger partial charge in [-0.25, -0.2) is 0 Å². The number of ether oxygens (including phenoxy) is 1. The second-order valence-electron chi connectivity index (χ2n) is 6.33. The molecule has 0 radical (unpaired) electrons. The molecule has 1 aliphatic carbocycles. The Labute approximate surface area is 121 Å². The van der Waals surface area contributed by atoms with Crippen molar-refractivity contribution in [3.8, 4) is 0 Å². The molecule has 0 amide bonds. The van der Waals surface area contributed by atoms with Crippen molar-refractivity contribution in [3.63, 3.8) is 0 Å². The van der Waals surface area contributed by atoms with Crippen LogP contribution in [0.15, 0.2) is 0 Å². The molecule has 1 saturated carbocycles. The van der Waals surface area contributed by atoms with Crippen molar-refractivity contribution >= 4 is 15.9 Å². The third-order valence-electron chi connectivity index (χ3n) is 4.79. The van der Waals surface area contributed by atoms with Crippen LogP contribution < -0.4 is 0 Å². The van der Waals surface area contributed by atoms with Crippen molar-refractivity contribution in [1.82, 2.24) is 4.90 Å². The fourth-order valence-electron chi connectivity index (χ4n) is 3.55. The number of rotatable bonds is 4. The van der Waals surface area contributed by atoms with E-state index < -0.39 is 0 Å². The lowest BCUT2D eigenvalue weighted by atomic mass is 9.75. The first-order chi connectivity index (χ1) is 8.69. The minimum Gasteiger partial charge on any atom is -0.376 e. The number of nitrogens with zero attached hydrogens (tertiary/aromatic N) is 1. The summed E-state index contributed by atoms with van der Waals surface area (Å²) in [4.78, 5) is 2.71. The molecule has 2 atom stereocenters. The first kappa shape index (κ1) is 14.8. The number of morpholine rings is 1. The molecule has 0 aromatic rings. The summed E-state index contributed by atoms with van der Waals surface area (Å²) in [6.45, 7) is 7.81. The predicted molar refractivity (Wildman–Crippen MR) is 80.4 cm³/mol. The van der Waals surface area contributed by atoms with Crippen molar-refractivity contribution in [3.05, 3.63) is 0 Å². The molecule has 3 heteroatoms. The van der Waals surface area contributed by atoms with Gasteiger partial charge in [0.05, 0.1) is 12.7 Å². The number of hydrogen-bond acceptors (Lipinski definition) is 2. The van der Waals surface area contributed by atoms with Gasteiger partial charge in [-0.1, -0.05) is 42.1 Å². The molecule has 2 fully saturated rings. The van der Waals surface area contributed by atoms with Gasteiger partial charge in [-0.3, -0.25) is 4.90 Å². The molecule has 0 N–H and O–H groups in total. The maximum atomic E-state index is 5.81. The Bertz CT molecular complexity index is 253. The highest BCUT2D eigenvalue weighted by Gasteiger charge is 2.36. The van der Waals surface area contributed by atoms with Gasteiger partial charge in [-0.05, 0) is 31.6 Å². The van der Waals surface area contributed by atoms with Gasteiger partial charge in [-0.15, -0.1) is 0 Å². The molecule has 106 valence electrons. The SMILES string of the molecule is CCC1COC(C)CN1CC1(CBr)CCCCC1. The molecule has 2 unspecified atom stereocenters. The van der Waals surface area contributed by atoms with Crippen LogP contribution in [0.1, 0.15) is 52.4 Å². The van der Waals surface area contributed by atoms with E-state index in [4.69, 9.17) is 4.74 Å². The molecule has 2 aliphatic rings. The second kappa shape index (κ2) is 6.71. The molecule has 1 heterocycles. The summed E-state index contributed by atoms with van der Waals surface area (Å²) in [6.07, 6.45) is 8.70. The van der Waals surface area contributed by atoms with Crippen LogP contribution in [0.5, 0.6) is 0 Å². The number of alkyl halides is 1. The largest absolute Gasteiger partial charge is 0.376 e. The first-order valence-electron chi connectivity index (χ1n) is 7.61. The van der Waals surface area contributed by atoms with E-state index in [-0.39, 0.29) is 0 Å². The molecule has 2 rings (SSSR count). The van der Waals surface area contributed by atoms with Crippen molar-refractivity contribution in [2.24, 2.45) is 5.41 Å². The molecule has 0 bridgehead atoms. The Morgan fingerprint density at radius 3 is 2.61 bits per heavy atom. The van der Waals surface area contributed by atoms with E-state index in [1.807, 2.05) is 0 Å². The Morgan fingerprint density at radius 2 is 2.00 bits per heavy atom. The van der Waals surface area contributed by atoms with Gasteiger partial charge in [0, 0.05) is 24.5 Å². The van der Waals surface area contributed by atoms with Gasteiger partial charge in [0.15, 0.2) is 0 Å². The molecule has 0 spiro atoms. The highest BCUT2D eigenvalue weighted by molar-refractivity contribution is 9.09. The highest BCUT2D eigenvalue weighted by atomic mass is 79.9. The third-order valence-corrected chi connectivity index (χ3v) is 5.98. The standard InChI is InChI=1S/C15H28BrNO/c1-3-14-10-18-13(2)9-17(14)12-15(11-16)7-5-4-6-8-15/h13-14H,3-12H2,1-2H3. The smallest absolute Gasteiger partial charge is 0.0674 e. The number of halogens is 1. The maximum absolute atomic E-state index is 5.81. The fourth-order valence-corrected chi connectivity index (χ4v) is 4.29. The molecule has 0 aromatic carbocycles. The molecule has 0 aromatic heterocycles. The van der Waals surface area contributed by atoms with Crippen molar-refractivity contribution in [2.75, 3.05) is 25.0 Å². The topological polar surface area (TPSA) is 12.5 Å². The Balaban J connectivity index is 1.99. The zero-order valence-corrected chi connectivity index (χ0v) is 13.5. The van der Waals surface area contributed by atoms with E-state index in [0.717, 1.165) is 13.2 Å². The molecule has 1 aliphatic heterocycles. The van der Waals surface area contributed by atoms with Crippen LogP contribution in [0, 0.1) is 5.41 Å². The normalized spacial score (nSPS) is 33.5. The third kappa shape index (κ3) is 3.49. The van der Waals surface area contributed by atoms with E-state index >= 15 is 0 Å². The summed E-state index contributed by atoms with van der Waals surface area (Å²) in [5, 5.41) is 1.17. The lowest BCUT2D eigenvalue weighted by Crippen LogP contribution is -2.53. The van der Waals surface area contributed by atoms with E-state index in [2.05, 4.69) is 34.7 Å². The maximum Gasteiger partial charge on any atom is 0.0674 e. The molecule has 1 saturated heterocycles. The first-order valence-corrected chi connectivity index (χ1v) is 8.73. The minimum atomic E-state index is 0.406. The zero-order chi connectivity index (χ0) is 13.0. The lowest BCUT2D eigenvalue weighted by Gasteiger charge is -2.45. The van der Waals surface area contributed by atoms with Gasteiger partial charge < -0.3 is 4.74 Å². The quantitative estimate of drug-likeness (QED) is 0.731. The van der Waals surface area contributed by atoms with Gasteiger partial charge in [-0.2, -0.15) is 0 Å². The van der Waals surface area contributed by atoms with Crippen molar-refractivity contribution < 1.29 is 4.74 Å². The summed E-state index contributed by atoms with van der Waals surface area (Å²) in [5.41, 5.74) is 0.530. The predicted octanol–water partition coefficient (Wildman–Crippen LogP) is 3.83. The Kier molecular flexibility index (Phi) is 5.52. The summed E-state index contributed by atoms with van der Waals surface area (Å²) in [5.74, 6) is 0. The van der Waals surface area contributed by atoms with E-state index in [9.17, 15) is 0 Å². The number of hydrogen-bond donors (Lipinski definition) is 0. The van der Waals surface area contributed by atoms with Gasteiger partial charge in [0.1, 0.15) is 0 Å². The second-order valence-corrected chi connectivity index (χ2v) is 6.89. The van der Waals surface area contributed by atoms with Crippen LogP contribution in [0.25, 0.3) is 0 Å². The monoisotopic (exact) mass is 317 g/mol. The zero-order valence-electron chi connectivity index (χ0n) is 12.0. The van der Waals surface area contributed by atoms with E-state index in [1.54, 1.807) is 0 Å². The summed E-state index contributed by atoms with van der Waals surface area (Å²) >= 11 is 3.79. The van der Waals surface area contributed by atoms with Crippen molar-refractivity contribution in [1.29, 1.82) is 0 Å². The van der Waals surface area contributed by atoms with Crippen molar-refractivity contribution in [2.45, 2.75) is 64.5 Å². The highest BCUT2D eigenvalue weighted by Crippen LogP contribution is 2.39. The van der Waals surface area contributed by atoms with Gasteiger partial charge in [0.2, 0.25) is 0 Å².